The van der Waals surface area contributed by atoms with Gasteiger partial charge in [-0.1, -0.05) is 12.1 Å². The number of carbonyl (C=O) groups excluding carboxylic acids is 1. The van der Waals surface area contributed by atoms with Gasteiger partial charge in [-0.2, -0.15) is 0 Å². The van der Waals surface area contributed by atoms with Crippen LogP contribution >= 0.6 is 0 Å². The summed E-state index contributed by atoms with van der Waals surface area (Å²) >= 11 is 0. The van der Waals surface area contributed by atoms with Crippen molar-refractivity contribution >= 4 is 22.9 Å². The quantitative estimate of drug-likeness (QED) is 0.830. The monoisotopic (exact) mass is 232 g/mol. The molecule has 5 heteroatoms. The second-order valence-electron chi connectivity index (χ2n) is 4.13. The first-order chi connectivity index (χ1) is 8.09. The van der Waals surface area contributed by atoms with Crippen molar-refractivity contribution in [2.75, 3.05) is 5.73 Å². The normalized spacial score (nSPS) is 10.9. The van der Waals surface area contributed by atoms with E-state index in [1.165, 1.54) is 0 Å². The van der Waals surface area contributed by atoms with E-state index in [1.807, 2.05) is 29.7 Å². The van der Waals surface area contributed by atoms with E-state index in [-0.39, 0.29) is 5.91 Å². The van der Waals surface area contributed by atoms with E-state index in [4.69, 9.17) is 11.5 Å². The highest BCUT2D eigenvalue weighted by molar-refractivity contribution is 5.81. The van der Waals surface area contributed by atoms with E-state index in [0.717, 1.165) is 16.6 Å². The predicted octanol–water partition coefficient (Wildman–Crippen LogP) is 1.19. The fourth-order valence-corrected chi connectivity index (χ4v) is 2.02. The van der Waals surface area contributed by atoms with Crippen LogP contribution in [0.25, 0.3) is 11.0 Å². The first kappa shape index (κ1) is 11.4. The molecule has 0 unspecified atom stereocenters. The molecular formula is C12H16N4O. The predicted molar refractivity (Wildman–Crippen MR) is 67.3 cm³/mol. The van der Waals surface area contributed by atoms with E-state index < -0.39 is 0 Å². The van der Waals surface area contributed by atoms with Crippen LogP contribution in [0.1, 0.15) is 18.4 Å². The third-order valence-corrected chi connectivity index (χ3v) is 2.80. The minimum atomic E-state index is -0.287. The Morgan fingerprint density at radius 2 is 2.24 bits per heavy atom. The van der Waals surface area contributed by atoms with Gasteiger partial charge in [-0.15, -0.1) is 0 Å². The van der Waals surface area contributed by atoms with Crippen LogP contribution in [0.5, 0.6) is 0 Å². The summed E-state index contributed by atoms with van der Waals surface area (Å²) in [5.41, 5.74) is 14.0. The molecule has 17 heavy (non-hydrogen) atoms. The maximum atomic E-state index is 10.7. The zero-order chi connectivity index (χ0) is 12.4. The highest BCUT2D eigenvalue weighted by Gasteiger charge is 2.09. The molecule has 0 saturated carbocycles. The van der Waals surface area contributed by atoms with Crippen molar-refractivity contribution in [3.63, 3.8) is 0 Å². The molecule has 0 spiro atoms. The lowest BCUT2D eigenvalue weighted by molar-refractivity contribution is -0.118. The van der Waals surface area contributed by atoms with Gasteiger partial charge in [0.2, 0.25) is 11.9 Å². The lowest BCUT2D eigenvalue weighted by atomic mass is 10.2. The number of nitrogens with zero attached hydrogens (tertiary/aromatic N) is 2. The molecule has 0 aliphatic rings. The number of nitrogens with two attached hydrogens (primary N) is 2. The summed E-state index contributed by atoms with van der Waals surface area (Å²) in [4.78, 5) is 15.0. The third-order valence-electron chi connectivity index (χ3n) is 2.80. The molecule has 0 atom stereocenters. The van der Waals surface area contributed by atoms with Crippen molar-refractivity contribution in [2.45, 2.75) is 26.3 Å². The lowest BCUT2D eigenvalue weighted by Crippen LogP contribution is -2.12. The molecule has 1 heterocycles. The SMILES string of the molecule is Cc1cccc2nc(N)n(CCCC(N)=O)c12. The van der Waals surface area contributed by atoms with Crippen molar-refractivity contribution in [1.82, 2.24) is 9.55 Å². The summed E-state index contributed by atoms with van der Waals surface area (Å²) in [6.45, 7) is 2.68. The number of para-hydroxylation sites is 1. The molecule has 0 aliphatic heterocycles. The second kappa shape index (κ2) is 4.45. The fraction of sp³-hybridized carbons (Fsp3) is 0.333. The molecule has 1 aromatic heterocycles. The summed E-state index contributed by atoms with van der Waals surface area (Å²) in [6.07, 6.45) is 1.05. The zero-order valence-electron chi connectivity index (χ0n) is 9.81. The number of amides is 1. The van der Waals surface area contributed by atoms with Crippen LogP contribution in [0.3, 0.4) is 0 Å². The van der Waals surface area contributed by atoms with Crippen LogP contribution in [0.2, 0.25) is 0 Å². The van der Waals surface area contributed by atoms with Gasteiger partial charge in [-0.3, -0.25) is 4.79 Å². The average molecular weight is 232 g/mol. The number of anilines is 1. The van der Waals surface area contributed by atoms with E-state index in [1.54, 1.807) is 0 Å². The second-order valence-corrected chi connectivity index (χ2v) is 4.13. The molecular weight excluding hydrogens is 216 g/mol. The van der Waals surface area contributed by atoms with Crippen LogP contribution < -0.4 is 11.5 Å². The highest BCUT2D eigenvalue weighted by atomic mass is 16.1. The number of nitrogen functional groups attached to an aromatic ring is 1. The summed E-state index contributed by atoms with van der Waals surface area (Å²) in [5.74, 6) is 0.198. The van der Waals surface area contributed by atoms with Gasteiger partial charge >= 0.3 is 0 Å². The number of benzene rings is 1. The zero-order valence-corrected chi connectivity index (χ0v) is 9.81. The fourth-order valence-electron chi connectivity index (χ4n) is 2.02. The first-order valence-electron chi connectivity index (χ1n) is 5.59. The van der Waals surface area contributed by atoms with Crippen LogP contribution in [0.4, 0.5) is 5.95 Å². The van der Waals surface area contributed by atoms with Crippen molar-refractivity contribution in [3.8, 4) is 0 Å². The molecule has 0 bridgehead atoms. The summed E-state index contributed by atoms with van der Waals surface area (Å²) in [5, 5.41) is 0. The molecule has 5 nitrogen and oxygen atoms in total. The van der Waals surface area contributed by atoms with Crippen molar-refractivity contribution < 1.29 is 4.79 Å². The van der Waals surface area contributed by atoms with Crippen LogP contribution in [0.15, 0.2) is 18.2 Å². The maximum Gasteiger partial charge on any atom is 0.217 e. The number of aryl methyl sites for hydroxylation is 2. The number of hydrogen-bond acceptors (Lipinski definition) is 3. The van der Waals surface area contributed by atoms with Gasteiger partial charge in [0, 0.05) is 13.0 Å². The van der Waals surface area contributed by atoms with Crippen LogP contribution in [-0.4, -0.2) is 15.5 Å². The number of aromatic nitrogens is 2. The third kappa shape index (κ3) is 2.22. The van der Waals surface area contributed by atoms with Gasteiger partial charge in [0.1, 0.15) is 0 Å². The van der Waals surface area contributed by atoms with Crippen molar-refractivity contribution in [3.05, 3.63) is 23.8 Å². The van der Waals surface area contributed by atoms with Gasteiger partial charge in [0.15, 0.2) is 0 Å². The number of hydrogen-bond donors (Lipinski definition) is 2. The molecule has 2 aromatic rings. The molecule has 4 N–H and O–H groups in total. The van der Waals surface area contributed by atoms with Gasteiger partial charge in [0.05, 0.1) is 11.0 Å². The number of primary amides is 1. The summed E-state index contributed by atoms with van der Waals surface area (Å²) in [7, 11) is 0. The molecule has 1 amide bonds. The Morgan fingerprint density at radius 3 is 2.94 bits per heavy atom. The summed E-state index contributed by atoms with van der Waals surface area (Å²) < 4.78 is 1.94. The van der Waals surface area contributed by atoms with Gasteiger partial charge in [0.25, 0.3) is 0 Å². The largest absolute Gasteiger partial charge is 0.370 e. The summed E-state index contributed by atoms with van der Waals surface area (Å²) in [6, 6.07) is 5.91. The molecule has 0 aliphatic carbocycles. The molecule has 0 fully saturated rings. The molecule has 0 radical (unpaired) electrons. The molecule has 0 saturated heterocycles. The number of fused-ring (bicyclic) bond motifs is 1. The smallest absolute Gasteiger partial charge is 0.217 e. The molecule has 90 valence electrons. The van der Waals surface area contributed by atoms with E-state index in [0.29, 0.717) is 25.3 Å². The van der Waals surface area contributed by atoms with Gasteiger partial charge in [-0.25, -0.2) is 4.98 Å². The Balaban J connectivity index is 2.32. The Labute approximate surface area is 99.4 Å². The van der Waals surface area contributed by atoms with E-state index in [2.05, 4.69) is 4.98 Å². The molecule has 1 aromatic carbocycles. The van der Waals surface area contributed by atoms with Gasteiger partial charge in [-0.05, 0) is 25.0 Å². The van der Waals surface area contributed by atoms with E-state index in [9.17, 15) is 4.79 Å². The standard InChI is InChI=1S/C12H16N4O/c1-8-4-2-5-9-11(8)16(12(14)15-9)7-3-6-10(13)17/h2,4-5H,3,6-7H2,1H3,(H2,13,17)(H2,14,15). The maximum absolute atomic E-state index is 10.7. The Bertz CT molecular complexity index is 559. The first-order valence-corrected chi connectivity index (χ1v) is 5.59. The Morgan fingerprint density at radius 1 is 1.47 bits per heavy atom. The van der Waals surface area contributed by atoms with E-state index >= 15 is 0 Å². The number of imidazole rings is 1. The lowest BCUT2D eigenvalue weighted by Gasteiger charge is -2.07. The van der Waals surface area contributed by atoms with Crippen molar-refractivity contribution in [1.29, 1.82) is 0 Å². The minimum Gasteiger partial charge on any atom is -0.370 e. The Hall–Kier alpha value is -2.04. The Kier molecular flexibility index (Phi) is 2.99. The van der Waals surface area contributed by atoms with Crippen molar-refractivity contribution in [2.24, 2.45) is 5.73 Å². The highest BCUT2D eigenvalue weighted by Crippen LogP contribution is 2.21. The number of carbonyl (C=O) groups is 1. The van der Waals surface area contributed by atoms with Crippen LogP contribution in [-0.2, 0) is 11.3 Å². The van der Waals surface area contributed by atoms with Crippen LogP contribution in [0, 0.1) is 6.92 Å². The van der Waals surface area contributed by atoms with Gasteiger partial charge < -0.3 is 16.0 Å². The molecule has 2 rings (SSSR count). The topological polar surface area (TPSA) is 86.9 Å². The minimum absolute atomic E-state index is 0.287. The average Bonchev–Trinajstić information content (AvgIpc) is 2.56. The number of rotatable bonds is 4.